The van der Waals surface area contributed by atoms with Gasteiger partial charge in [-0.25, -0.2) is 4.98 Å². The molecule has 4 aromatic rings. The van der Waals surface area contributed by atoms with Gasteiger partial charge < -0.3 is 15.0 Å². The van der Waals surface area contributed by atoms with E-state index >= 15 is 0 Å². The third kappa shape index (κ3) is 5.49. The van der Waals surface area contributed by atoms with Crippen molar-refractivity contribution in [2.75, 3.05) is 31.6 Å². The molecule has 2 heterocycles. The van der Waals surface area contributed by atoms with Crippen LogP contribution in [-0.2, 0) is 4.79 Å². The molecule has 180 valence electrons. The van der Waals surface area contributed by atoms with Crippen LogP contribution in [0.2, 0.25) is 0 Å². The van der Waals surface area contributed by atoms with Crippen molar-refractivity contribution < 1.29 is 9.53 Å². The lowest BCUT2D eigenvalue weighted by Crippen LogP contribution is -2.43. The summed E-state index contributed by atoms with van der Waals surface area (Å²) in [5, 5.41) is 4.22. The molecule has 1 aromatic heterocycles. The fraction of sp³-hybridized carbons (Fsp3) is 0.310. The number of fused-ring (bicyclic) bond motifs is 1. The van der Waals surface area contributed by atoms with Gasteiger partial charge in [0.1, 0.15) is 5.75 Å². The maximum atomic E-state index is 13.1. The Morgan fingerprint density at radius 2 is 1.80 bits per heavy atom. The highest BCUT2D eigenvalue weighted by Gasteiger charge is 2.27. The number of anilines is 1. The Morgan fingerprint density at radius 3 is 2.49 bits per heavy atom. The van der Waals surface area contributed by atoms with Gasteiger partial charge in [0.2, 0.25) is 5.91 Å². The standard InChI is InChI=1S/C29H31N3O2S/c1-34-24-14-15-26-27(19-24)35-29(31-26)32-18-8-13-23(20-32)28(33)30-17-16-25(21-9-4-2-5-10-21)22-11-6-3-7-12-22/h2-7,9-12,14-15,19,23,25H,8,13,16-18,20H2,1H3,(H,30,33). The summed E-state index contributed by atoms with van der Waals surface area (Å²) < 4.78 is 6.46. The summed E-state index contributed by atoms with van der Waals surface area (Å²) in [5.74, 6) is 1.24. The number of hydrogen-bond acceptors (Lipinski definition) is 5. The first-order chi connectivity index (χ1) is 17.2. The third-order valence-corrected chi connectivity index (χ3v) is 7.86. The molecule has 1 unspecified atom stereocenters. The Bertz CT molecular complexity index is 1220. The Hall–Kier alpha value is -3.38. The van der Waals surface area contributed by atoms with Crippen LogP contribution in [0.25, 0.3) is 10.2 Å². The summed E-state index contributed by atoms with van der Waals surface area (Å²) in [7, 11) is 1.68. The van der Waals surface area contributed by atoms with Gasteiger partial charge in [0, 0.05) is 25.6 Å². The van der Waals surface area contributed by atoms with Gasteiger partial charge in [-0.05, 0) is 48.6 Å². The molecule has 1 amide bonds. The SMILES string of the molecule is COc1ccc2nc(N3CCCC(C(=O)NCCC(c4ccccc4)c4ccccc4)C3)sc2c1. The predicted molar refractivity (Wildman–Crippen MR) is 143 cm³/mol. The van der Waals surface area contributed by atoms with E-state index < -0.39 is 0 Å². The zero-order valence-corrected chi connectivity index (χ0v) is 20.8. The fourth-order valence-electron chi connectivity index (χ4n) is 4.90. The minimum atomic E-state index is -0.0165. The van der Waals surface area contributed by atoms with Crippen LogP contribution < -0.4 is 15.0 Å². The molecule has 1 aliphatic heterocycles. The average molecular weight is 486 g/mol. The van der Waals surface area contributed by atoms with Gasteiger partial charge in [-0.1, -0.05) is 72.0 Å². The van der Waals surface area contributed by atoms with Crippen LogP contribution in [0.15, 0.2) is 78.9 Å². The molecular weight excluding hydrogens is 454 g/mol. The predicted octanol–water partition coefficient (Wildman–Crippen LogP) is 5.86. The molecule has 6 heteroatoms. The van der Waals surface area contributed by atoms with E-state index in [1.54, 1.807) is 18.4 Å². The molecule has 5 nitrogen and oxygen atoms in total. The number of carbonyl (C=O) groups excluding carboxylic acids is 1. The van der Waals surface area contributed by atoms with Crippen molar-refractivity contribution in [3.63, 3.8) is 0 Å². The van der Waals surface area contributed by atoms with Gasteiger partial charge in [-0.3, -0.25) is 4.79 Å². The maximum absolute atomic E-state index is 13.1. The summed E-state index contributed by atoms with van der Waals surface area (Å²) in [4.78, 5) is 20.2. The Morgan fingerprint density at radius 1 is 1.09 bits per heavy atom. The van der Waals surface area contributed by atoms with E-state index in [0.29, 0.717) is 13.1 Å². The number of ether oxygens (including phenoxy) is 1. The number of thiazole rings is 1. The molecule has 0 saturated carbocycles. The van der Waals surface area contributed by atoms with Gasteiger partial charge in [0.15, 0.2) is 5.13 Å². The number of piperidine rings is 1. The van der Waals surface area contributed by atoms with E-state index in [1.165, 1.54) is 11.1 Å². The molecule has 5 rings (SSSR count). The fourth-order valence-corrected chi connectivity index (χ4v) is 5.93. The molecule has 3 aromatic carbocycles. The Labute approximate surface area is 210 Å². The number of nitrogens with zero attached hydrogens (tertiary/aromatic N) is 2. The number of carbonyl (C=O) groups is 1. The average Bonchev–Trinajstić information content (AvgIpc) is 3.35. The second-order valence-corrected chi connectivity index (χ2v) is 10.1. The van der Waals surface area contributed by atoms with Gasteiger partial charge >= 0.3 is 0 Å². The molecule has 1 aliphatic rings. The second kappa shape index (κ2) is 10.9. The summed E-state index contributed by atoms with van der Waals surface area (Å²) >= 11 is 1.67. The summed E-state index contributed by atoms with van der Waals surface area (Å²) in [6.07, 6.45) is 2.78. The maximum Gasteiger partial charge on any atom is 0.224 e. The molecule has 1 atom stereocenters. The third-order valence-electron chi connectivity index (χ3n) is 6.78. The van der Waals surface area contributed by atoms with Crippen molar-refractivity contribution >= 4 is 32.6 Å². The van der Waals surface area contributed by atoms with Crippen LogP contribution in [0.5, 0.6) is 5.75 Å². The van der Waals surface area contributed by atoms with Crippen LogP contribution in [-0.4, -0.2) is 37.6 Å². The minimum absolute atomic E-state index is 0.0165. The largest absolute Gasteiger partial charge is 0.497 e. The minimum Gasteiger partial charge on any atom is -0.497 e. The molecule has 1 N–H and O–H groups in total. The first-order valence-corrected chi connectivity index (χ1v) is 13.1. The number of amides is 1. The van der Waals surface area contributed by atoms with Gasteiger partial charge in [0.25, 0.3) is 0 Å². The Kier molecular flexibility index (Phi) is 7.28. The van der Waals surface area contributed by atoms with E-state index in [1.807, 2.05) is 30.3 Å². The van der Waals surface area contributed by atoms with Crippen molar-refractivity contribution in [1.29, 1.82) is 0 Å². The number of hydrogen-bond donors (Lipinski definition) is 1. The summed E-state index contributed by atoms with van der Waals surface area (Å²) in [6, 6.07) is 27.1. The van der Waals surface area contributed by atoms with Crippen molar-refractivity contribution in [2.45, 2.75) is 25.2 Å². The zero-order chi connectivity index (χ0) is 24.0. The molecule has 1 fully saturated rings. The van der Waals surface area contributed by atoms with E-state index in [9.17, 15) is 4.79 Å². The smallest absolute Gasteiger partial charge is 0.224 e. The van der Waals surface area contributed by atoms with Crippen LogP contribution in [0.1, 0.15) is 36.3 Å². The molecule has 0 radical (unpaired) electrons. The lowest BCUT2D eigenvalue weighted by Gasteiger charge is -2.31. The number of benzene rings is 3. The topological polar surface area (TPSA) is 54.5 Å². The zero-order valence-electron chi connectivity index (χ0n) is 20.0. The molecule has 1 saturated heterocycles. The van der Waals surface area contributed by atoms with Gasteiger partial charge in [0.05, 0.1) is 23.2 Å². The number of aromatic nitrogens is 1. The number of nitrogens with one attached hydrogen (secondary N) is 1. The summed E-state index contributed by atoms with van der Waals surface area (Å²) in [5.41, 5.74) is 3.54. The normalized spacial score (nSPS) is 15.9. The quantitative estimate of drug-likeness (QED) is 0.340. The molecule has 0 bridgehead atoms. The van der Waals surface area contributed by atoms with Gasteiger partial charge in [-0.15, -0.1) is 0 Å². The van der Waals surface area contributed by atoms with Crippen molar-refractivity contribution in [3.05, 3.63) is 90.0 Å². The number of methoxy groups -OCH3 is 1. The number of rotatable bonds is 8. The van der Waals surface area contributed by atoms with Crippen molar-refractivity contribution in [1.82, 2.24) is 10.3 Å². The highest BCUT2D eigenvalue weighted by Crippen LogP contribution is 2.33. The molecule has 35 heavy (non-hydrogen) atoms. The first-order valence-electron chi connectivity index (χ1n) is 12.3. The van der Waals surface area contributed by atoms with Crippen LogP contribution in [0, 0.1) is 5.92 Å². The molecule has 0 spiro atoms. The monoisotopic (exact) mass is 485 g/mol. The van der Waals surface area contributed by atoms with Crippen LogP contribution in [0.3, 0.4) is 0 Å². The second-order valence-electron chi connectivity index (χ2n) is 9.07. The van der Waals surface area contributed by atoms with Crippen LogP contribution in [0.4, 0.5) is 5.13 Å². The van der Waals surface area contributed by atoms with E-state index in [4.69, 9.17) is 9.72 Å². The van der Waals surface area contributed by atoms with E-state index in [2.05, 4.69) is 58.7 Å². The Balaban J connectivity index is 1.21. The van der Waals surface area contributed by atoms with Gasteiger partial charge in [-0.2, -0.15) is 0 Å². The molecule has 0 aliphatic carbocycles. The van der Waals surface area contributed by atoms with E-state index in [-0.39, 0.29) is 17.7 Å². The highest BCUT2D eigenvalue weighted by atomic mass is 32.1. The lowest BCUT2D eigenvalue weighted by molar-refractivity contribution is -0.125. The lowest BCUT2D eigenvalue weighted by atomic mass is 9.88. The van der Waals surface area contributed by atoms with E-state index in [0.717, 1.165) is 46.9 Å². The first kappa shape index (κ1) is 23.4. The van der Waals surface area contributed by atoms with Crippen molar-refractivity contribution in [3.8, 4) is 5.75 Å². The summed E-state index contributed by atoms with van der Waals surface area (Å²) in [6.45, 7) is 2.30. The van der Waals surface area contributed by atoms with Crippen LogP contribution >= 0.6 is 11.3 Å². The highest BCUT2D eigenvalue weighted by molar-refractivity contribution is 7.22. The van der Waals surface area contributed by atoms with Crippen molar-refractivity contribution in [2.24, 2.45) is 5.92 Å². The molecular formula is C29H31N3O2S.